The largest absolute Gasteiger partial charge is 0.288 e. The highest BCUT2D eigenvalue weighted by atomic mass is 16.6. The summed E-state index contributed by atoms with van der Waals surface area (Å²) in [5, 5.41) is 18.8. The number of hydrogen-bond acceptors (Lipinski definition) is 5. The molecule has 0 radical (unpaired) electrons. The van der Waals surface area contributed by atoms with Crippen LogP contribution in [0.5, 0.6) is 0 Å². The van der Waals surface area contributed by atoms with Gasteiger partial charge in [0.05, 0.1) is 22.5 Å². The molecule has 0 aliphatic carbocycles. The number of pyridine rings is 1. The van der Waals surface area contributed by atoms with Gasteiger partial charge in [0.25, 0.3) is 5.69 Å². The van der Waals surface area contributed by atoms with E-state index in [0.717, 1.165) is 33.2 Å². The van der Waals surface area contributed by atoms with Crippen molar-refractivity contribution < 1.29 is 4.92 Å². The van der Waals surface area contributed by atoms with Gasteiger partial charge >= 0.3 is 0 Å². The number of aliphatic imine (C=N–C) groups is 1. The number of benzene rings is 5. The van der Waals surface area contributed by atoms with Gasteiger partial charge in [-0.15, -0.1) is 0 Å². The molecule has 7 nitrogen and oxygen atoms in total. The molecule has 0 aliphatic heterocycles. The lowest BCUT2D eigenvalue weighted by Crippen LogP contribution is -2.38. The van der Waals surface area contributed by atoms with E-state index >= 15 is 0 Å². The Morgan fingerprint density at radius 2 is 1.24 bits per heavy atom. The maximum absolute atomic E-state index is 12.7. The first-order valence-electron chi connectivity index (χ1n) is 15.0. The van der Waals surface area contributed by atoms with E-state index < -0.39 is 5.54 Å². The van der Waals surface area contributed by atoms with Crippen LogP contribution in [-0.4, -0.2) is 25.9 Å². The third kappa shape index (κ3) is 5.14. The van der Waals surface area contributed by atoms with E-state index in [9.17, 15) is 10.1 Å². The molecule has 0 unspecified atom stereocenters. The third-order valence-corrected chi connectivity index (χ3v) is 8.22. The van der Waals surface area contributed by atoms with E-state index in [1.807, 2.05) is 108 Å². The molecule has 0 atom stereocenters. The average molecular weight is 600 g/mol. The Labute approximate surface area is 266 Å². The van der Waals surface area contributed by atoms with Crippen LogP contribution in [0.1, 0.15) is 27.8 Å². The van der Waals surface area contributed by atoms with Crippen LogP contribution < -0.4 is 0 Å². The second-order valence-electron chi connectivity index (χ2n) is 10.9. The second kappa shape index (κ2) is 12.4. The van der Waals surface area contributed by atoms with Crippen LogP contribution >= 0.6 is 0 Å². The van der Waals surface area contributed by atoms with Gasteiger partial charge in [-0.25, -0.2) is 4.68 Å². The molecule has 222 valence electrons. The molecule has 7 rings (SSSR count). The molecule has 0 aliphatic rings. The summed E-state index contributed by atoms with van der Waals surface area (Å²) >= 11 is 0. The third-order valence-electron chi connectivity index (χ3n) is 8.22. The van der Waals surface area contributed by atoms with Gasteiger partial charge in [0.2, 0.25) is 0 Å². The lowest BCUT2D eigenvalue weighted by Gasteiger charge is -2.37. The van der Waals surface area contributed by atoms with Crippen LogP contribution in [0.2, 0.25) is 0 Å². The smallest absolute Gasteiger partial charge is 0.280 e. The van der Waals surface area contributed by atoms with Gasteiger partial charge in [-0.1, -0.05) is 121 Å². The minimum Gasteiger partial charge on any atom is -0.288 e. The van der Waals surface area contributed by atoms with Gasteiger partial charge in [-0.2, -0.15) is 5.10 Å². The second-order valence-corrected chi connectivity index (χ2v) is 10.9. The summed E-state index contributed by atoms with van der Waals surface area (Å²) in [6.07, 6.45) is 5.05. The van der Waals surface area contributed by atoms with Crippen molar-refractivity contribution in [3.05, 3.63) is 196 Å². The van der Waals surface area contributed by atoms with Crippen LogP contribution in [0, 0.1) is 10.1 Å². The molecule has 0 N–H and O–H groups in total. The fourth-order valence-electron chi connectivity index (χ4n) is 6.14. The summed E-state index contributed by atoms with van der Waals surface area (Å²) in [6.45, 7) is 0.408. The zero-order valence-electron chi connectivity index (χ0n) is 24.8. The van der Waals surface area contributed by atoms with E-state index in [0.29, 0.717) is 23.3 Å². The first-order chi connectivity index (χ1) is 22.7. The van der Waals surface area contributed by atoms with Crippen molar-refractivity contribution in [3.8, 4) is 11.3 Å². The minimum atomic E-state index is -0.968. The summed E-state index contributed by atoms with van der Waals surface area (Å²) in [5.74, 6) is 0. The van der Waals surface area contributed by atoms with E-state index in [1.54, 1.807) is 24.7 Å². The van der Waals surface area contributed by atoms with Crippen molar-refractivity contribution in [2.45, 2.75) is 12.1 Å². The van der Waals surface area contributed by atoms with Gasteiger partial charge in [-0.05, 0) is 40.5 Å². The van der Waals surface area contributed by atoms with Crippen molar-refractivity contribution in [1.82, 2.24) is 14.8 Å². The molecule has 5 aromatic carbocycles. The standard InChI is InChI=1S/C39H29N5O2/c45-44(46)36-26-37-35(25-31(36)28-41-27-29-13-5-1-6-14-29)38(30-21-23-40-24-22-30)42-43(37)39(32-15-7-2-8-16-32,33-17-9-3-10-18-33)34-19-11-4-12-20-34/h1-26,28H,27H2. The normalized spacial score (nSPS) is 11.7. The molecule has 2 aromatic heterocycles. The van der Waals surface area contributed by atoms with Crippen LogP contribution in [-0.2, 0) is 12.1 Å². The molecule has 0 fully saturated rings. The quantitative estimate of drug-likeness (QED) is 0.0721. The average Bonchev–Trinajstić information content (AvgIpc) is 3.49. The highest BCUT2D eigenvalue weighted by Gasteiger charge is 2.41. The Hall–Kier alpha value is -6.21. The van der Waals surface area contributed by atoms with E-state index in [4.69, 9.17) is 5.10 Å². The summed E-state index contributed by atoms with van der Waals surface area (Å²) < 4.78 is 1.95. The highest BCUT2D eigenvalue weighted by molar-refractivity contribution is 6.00. The van der Waals surface area contributed by atoms with Gasteiger partial charge in [-0.3, -0.25) is 20.1 Å². The van der Waals surface area contributed by atoms with Crippen molar-refractivity contribution in [1.29, 1.82) is 0 Å². The fraction of sp³-hybridized carbons (Fsp3) is 0.0513. The molecule has 0 amide bonds. The monoisotopic (exact) mass is 599 g/mol. The van der Waals surface area contributed by atoms with Crippen LogP contribution in [0.3, 0.4) is 0 Å². The maximum Gasteiger partial charge on any atom is 0.280 e. The Morgan fingerprint density at radius 1 is 0.717 bits per heavy atom. The molecule has 0 saturated heterocycles. The number of aromatic nitrogens is 3. The maximum atomic E-state index is 12.7. The molecule has 2 heterocycles. The summed E-state index contributed by atoms with van der Waals surface area (Å²) in [4.78, 5) is 21.1. The van der Waals surface area contributed by atoms with Gasteiger partial charge in [0.15, 0.2) is 0 Å². The van der Waals surface area contributed by atoms with Crippen molar-refractivity contribution >= 4 is 22.8 Å². The molecular formula is C39H29N5O2. The van der Waals surface area contributed by atoms with Crippen molar-refractivity contribution in [3.63, 3.8) is 0 Å². The van der Waals surface area contributed by atoms with Crippen LogP contribution in [0.4, 0.5) is 5.69 Å². The first-order valence-corrected chi connectivity index (χ1v) is 15.0. The lowest BCUT2D eigenvalue weighted by atomic mass is 9.77. The number of fused-ring (bicyclic) bond motifs is 1. The fourth-order valence-corrected chi connectivity index (χ4v) is 6.14. The molecule has 46 heavy (non-hydrogen) atoms. The molecule has 7 heteroatoms. The molecule has 7 aromatic rings. The summed E-state index contributed by atoms with van der Waals surface area (Å²) in [6, 6.07) is 47.6. The first kappa shape index (κ1) is 28.6. The number of hydrogen-bond donors (Lipinski definition) is 0. The zero-order valence-corrected chi connectivity index (χ0v) is 24.8. The number of nitrogens with zero attached hydrogens (tertiary/aromatic N) is 5. The van der Waals surface area contributed by atoms with Crippen molar-refractivity contribution in [2.75, 3.05) is 0 Å². The minimum absolute atomic E-state index is 0.0465. The Kier molecular flexibility index (Phi) is 7.71. The Balaban J connectivity index is 1.57. The zero-order chi connectivity index (χ0) is 31.3. The van der Waals surface area contributed by atoms with Crippen molar-refractivity contribution in [2.24, 2.45) is 4.99 Å². The predicted molar refractivity (Wildman–Crippen MR) is 182 cm³/mol. The van der Waals surface area contributed by atoms with E-state index in [-0.39, 0.29) is 10.6 Å². The Bertz CT molecular complexity index is 2030. The molecular weight excluding hydrogens is 570 g/mol. The van der Waals surface area contributed by atoms with E-state index in [1.165, 1.54) is 0 Å². The number of rotatable bonds is 9. The lowest BCUT2D eigenvalue weighted by molar-refractivity contribution is -0.384. The molecule has 0 bridgehead atoms. The number of nitro groups is 1. The van der Waals surface area contributed by atoms with E-state index in [2.05, 4.69) is 46.4 Å². The molecule has 0 spiro atoms. The van der Waals surface area contributed by atoms with Gasteiger partial charge < -0.3 is 0 Å². The number of nitro benzene ring substituents is 1. The summed E-state index contributed by atoms with van der Waals surface area (Å²) in [5.41, 5.74) is 5.48. The summed E-state index contributed by atoms with van der Waals surface area (Å²) in [7, 11) is 0. The highest BCUT2D eigenvalue weighted by Crippen LogP contribution is 2.44. The molecule has 0 saturated carbocycles. The van der Waals surface area contributed by atoms with Gasteiger partial charge in [0.1, 0.15) is 11.2 Å². The van der Waals surface area contributed by atoms with Crippen LogP contribution in [0.15, 0.2) is 163 Å². The SMILES string of the molecule is O=[N+]([O-])c1cc2c(cc1C=NCc1ccccc1)c(-c1ccncc1)nn2C(c1ccccc1)(c1ccccc1)c1ccccc1. The van der Waals surface area contributed by atoms with Crippen LogP contribution in [0.25, 0.3) is 22.2 Å². The predicted octanol–water partition coefficient (Wildman–Crippen LogP) is 8.47. The topological polar surface area (TPSA) is 86.2 Å². The van der Waals surface area contributed by atoms with Gasteiger partial charge in [0, 0.05) is 35.6 Å². The Morgan fingerprint density at radius 3 is 1.76 bits per heavy atom.